The molecule has 178 valence electrons. The van der Waals surface area contributed by atoms with Crippen molar-refractivity contribution in [3.8, 4) is 11.4 Å². The number of thioether (sulfide) groups is 1. The highest BCUT2D eigenvalue weighted by Gasteiger charge is 2.19. The number of benzene rings is 2. The highest BCUT2D eigenvalue weighted by Crippen LogP contribution is 2.27. The van der Waals surface area contributed by atoms with Gasteiger partial charge < -0.3 is 5.32 Å². The lowest BCUT2D eigenvalue weighted by Gasteiger charge is -2.12. The minimum Gasteiger partial charge on any atom is -0.325 e. The highest BCUT2D eigenvalue weighted by atomic mass is 35.5. The summed E-state index contributed by atoms with van der Waals surface area (Å²) in [4.78, 5) is 57.2. The molecule has 1 N–H and O–H groups in total. The van der Waals surface area contributed by atoms with E-state index in [0.29, 0.717) is 16.3 Å². The topological polar surface area (TPSA) is 142 Å². The van der Waals surface area contributed by atoms with Gasteiger partial charge in [-0.25, -0.2) is 14.8 Å². The summed E-state index contributed by atoms with van der Waals surface area (Å²) in [6, 6.07) is 12.1. The molecule has 0 spiro atoms. The molecule has 0 radical (unpaired) electrons. The first-order chi connectivity index (χ1) is 16.7. The number of halogens is 1. The zero-order valence-electron chi connectivity index (χ0n) is 18.4. The van der Waals surface area contributed by atoms with Crippen LogP contribution in [0.4, 0.5) is 11.4 Å². The summed E-state index contributed by atoms with van der Waals surface area (Å²) in [5, 5.41) is 14.5. The van der Waals surface area contributed by atoms with Gasteiger partial charge in [0.2, 0.25) is 5.91 Å². The van der Waals surface area contributed by atoms with Crippen LogP contribution in [0, 0.1) is 10.1 Å². The molecule has 2 heterocycles. The molecule has 0 fully saturated rings. The average Bonchev–Trinajstić information content (AvgIpc) is 2.85. The number of nitro groups is 1. The quantitative estimate of drug-likeness (QED) is 0.180. The summed E-state index contributed by atoms with van der Waals surface area (Å²) in [5.74, 6) is -0.278. The van der Waals surface area contributed by atoms with Crippen molar-refractivity contribution in [1.82, 2.24) is 19.1 Å². The van der Waals surface area contributed by atoms with Crippen LogP contribution in [-0.2, 0) is 18.9 Å². The predicted octanol–water partition coefficient (Wildman–Crippen LogP) is 2.99. The van der Waals surface area contributed by atoms with E-state index in [4.69, 9.17) is 11.6 Å². The van der Waals surface area contributed by atoms with Gasteiger partial charge in [-0.15, -0.1) is 0 Å². The fourth-order valence-electron chi connectivity index (χ4n) is 3.26. The number of aromatic nitrogens is 4. The van der Waals surface area contributed by atoms with Gasteiger partial charge in [0.05, 0.1) is 10.7 Å². The third-order valence-corrected chi connectivity index (χ3v) is 6.30. The van der Waals surface area contributed by atoms with Crippen LogP contribution in [0.25, 0.3) is 22.4 Å². The molecular weight excluding hydrogens is 496 g/mol. The molecule has 0 unspecified atom stereocenters. The Hall–Kier alpha value is -4.03. The number of anilines is 1. The molecule has 0 aliphatic carbocycles. The minimum atomic E-state index is -0.598. The number of aryl methyl sites for hydroxylation is 1. The monoisotopic (exact) mass is 512 g/mol. The Bertz CT molecular complexity index is 1580. The molecular formula is C22H17ClN6O5S. The SMILES string of the molecule is Cn1c(=O)c2c(SCC(=O)Nc3ccc(Cl)cc3)nc(-c3ccc([N+](=O)[O-])cc3)nc2n(C)c1=O. The zero-order chi connectivity index (χ0) is 25.3. The molecule has 4 rings (SSSR count). The van der Waals surface area contributed by atoms with Gasteiger partial charge in [0.1, 0.15) is 10.4 Å². The van der Waals surface area contributed by atoms with Crippen LogP contribution in [0.5, 0.6) is 0 Å². The number of hydrogen-bond acceptors (Lipinski definition) is 8. The van der Waals surface area contributed by atoms with Gasteiger partial charge in [-0.1, -0.05) is 23.4 Å². The van der Waals surface area contributed by atoms with Gasteiger partial charge in [-0.2, -0.15) is 0 Å². The van der Waals surface area contributed by atoms with Gasteiger partial charge >= 0.3 is 5.69 Å². The Morgan fingerprint density at radius 1 is 1.06 bits per heavy atom. The number of nitrogens with zero attached hydrogens (tertiary/aromatic N) is 5. The molecule has 0 bridgehead atoms. The summed E-state index contributed by atoms with van der Waals surface area (Å²) in [7, 11) is 2.81. The van der Waals surface area contributed by atoms with Gasteiger partial charge in [0.15, 0.2) is 11.5 Å². The van der Waals surface area contributed by atoms with Crippen LogP contribution in [-0.4, -0.2) is 35.7 Å². The number of carbonyl (C=O) groups excluding carboxylic acids is 1. The summed E-state index contributed by atoms with van der Waals surface area (Å²) in [6.45, 7) is 0. The molecule has 0 saturated carbocycles. The third kappa shape index (κ3) is 4.93. The van der Waals surface area contributed by atoms with Gasteiger partial charge in [0.25, 0.3) is 11.2 Å². The van der Waals surface area contributed by atoms with E-state index in [1.165, 1.54) is 42.9 Å². The molecule has 13 heteroatoms. The largest absolute Gasteiger partial charge is 0.332 e. The fraction of sp³-hybridized carbons (Fsp3) is 0.136. The Labute approximate surface area is 206 Å². The van der Waals surface area contributed by atoms with Crippen LogP contribution in [0.1, 0.15) is 0 Å². The number of rotatable bonds is 6. The summed E-state index contributed by atoms with van der Waals surface area (Å²) in [5.41, 5.74) is -0.201. The second-order valence-electron chi connectivity index (χ2n) is 7.40. The van der Waals surface area contributed by atoms with Crippen LogP contribution < -0.4 is 16.6 Å². The Morgan fingerprint density at radius 3 is 2.34 bits per heavy atom. The number of fused-ring (bicyclic) bond motifs is 1. The van der Waals surface area contributed by atoms with Crippen molar-refractivity contribution >= 4 is 51.7 Å². The zero-order valence-corrected chi connectivity index (χ0v) is 20.0. The van der Waals surface area contributed by atoms with Crippen molar-refractivity contribution in [1.29, 1.82) is 0 Å². The Kier molecular flexibility index (Phi) is 6.67. The third-order valence-electron chi connectivity index (χ3n) is 5.07. The Balaban J connectivity index is 1.75. The molecule has 11 nitrogen and oxygen atoms in total. The first kappa shape index (κ1) is 24.1. The maximum absolute atomic E-state index is 12.9. The van der Waals surface area contributed by atoms with E-state index >= 15 is 0 Å². The van der Waals surface area contributed by atoms with E-state index in [1.807, 2.05) is 0 Å². The first-order valence-corrected chi connectivity index (χ1v) is 11.4. The Morgan fingerprint density at radius 2 is 1.71 bits per heavy atom. The van der Waals surface area contributed by atoms with E-state index in [0.717, 1.165) is 16.3 Å². The first-order valence-electron chi connectivity index (χ1n) is 10.1. The summed E-state index contributed by atoms with van der Waals surface area (Å²) in [6.07, 6.45) is 0. The van der Waals surface area contributed by atoms with Gasteiger partial charge in [-0.3, -0.25) is 28.8 Å². The molecule has 1 amide bonds. The van der Waals surface area contributed by atoms with Crippen molar-refractivity contribution in [3.05, 3.63) is 84.5 Å². The predicted molar refractivity (Wildman–Crippen MR) is 133 cm³/mol. The summed E-state index contributed by atoms with van der Waals surface area (Å²) < 4.78 is 2.15. The smallest absolute Gasteiger partial charge is 0.325 e. The fourth-order valence-corrected chi connectivity index (χ4v) is 4.20. The van der Waals surface area contributed by atoms with Crippen LogP contribution >= 0.6 is 23.4 Å². The van der Waals surface area contributed by atoms with Crippen molar-refractivity contribution in [2.45, 2.75) is 5.03 Å². The van der Waals surface area contributed by atoms with Crippen LogP contribution in [0.3, 0.4) is 0 Å². The van der Waals surface area contributed by atoms with Gasteiger partial charge in [-0.05, 0) is 36.4 Å². The number of amides is 1. The van der Waals surface area contributed by atoms with Crippen LogP contribution in [0.15, 0.2) is 63.1 Å². The summed E-state index contributed by atoms with van der Waals surface area (Å²) >= 11 is 6.87. The van der Waals surface area contributed by atoms with Crippen LogP contribution in [0.2, 0.25) is 5.02 Å². The molecule has 2 aromatic heterocycles. The van der Waals surface area contributed by atoms with Crippen molar-refractivity contribution in [3.63, 3.8) is 0 Å². The molecule has 0 aliphatic heterocycles. The molecule has 35 heavy (non-hydrogen) atoms. The highest BCUT2D eigenvalue weighted by molar-refractivity contribution is 8.00. The number of carbonyl (C=O) groups is 1. The molecule has 0 aliphatic rings. The molecule has 4 aromatic rings. The van der Waals surface area contributed by atoms with E-state index in [-0.39, 0.29) is 39.2 Å². The molecule has 0 atom stereocenters. The maximum atomic E-state index is 12.9. The molecule has 2 aromatic carbocycles. The van der Waals surface area contributed by atoms with Crippen molar-refractivity contribution < 1.29 is 9.72 Å². The second kappa shape index (κ2) is 9.68. The minimum absolute atomic E-state index is 0.0829. The normalized spacial score (nSPS) is 10.9. The second-order valence-corrected chi connectivity index (χ2v) is 8.80. The number of non-ortho nitro benzene ring substituents is 1. The molecule has 0 saturated heterocycles. The number of nitrogens with one attached hydrogen (secondary N) is 1. The van der Waals surface area contributed by atoms with Gasteiger partial charge in [0, 0.05) is 42.5 Å². The lowest BCUT2D eigenvalue weighted by atomic mass is 10.2. The van der Waals surface area contributed by atoms with Crippen molar-refractivity contribution in [2.24, 2.45) is 14.1 Å². The maximum Gasteiger partial charge on any atom is 0.332 e. The standard InChI is InChI=1S/C22H17ClN6O5S/c1-27-19-17(21(31)28(2)22(27)32)20(35-11-16(30)24-14-7-5-13(23)6-8-14)26-18(25-19)12-3-9-15(10-4-12)29(33)34/h3-10H,11H2,1-2H3,(H,24,30). The lowest BCUT2D eigenvalue weighted by molar-refractivity contribution is -0.384. The number of hydrogen-bond donors (Lipinski definition) is 1. The van der Waals surface area contributed by atoms with E-state index in [9.17, 15) is 24.5 Å². The lowest BCUT2D eigenvalue weighted by Crippen LogP contribution is -2.37. The van der Waals surface area contributed by atoms with Crippen molar-refractivity contribution in [2.75, 3.05) is 11.1 Å². The number of nitro benzene ring substituents is 1. The van der Waals surface area contributed by atoms with E-state index in [1.54, 1.807) is 24.3 Å². The van der Waals surface area contributed by atoms with E-state index < -0.39 is 16.2 Å². The van der Waals surface area contributed by atoms with E-state index in [2.05, 4.69) is 15.3 Å². The average molecular weight is 513 g/mol.